The summed E-state index contributed by atoms with van der Waals surface area (Å²) in [6, 6.07) is 3.34. The molecule has 1 fully saturated rings. The van der Waals surface area contributed by atoms with Crippen LogP contribution in [0.5, 0.6) is 0 Å². The topological polar surface area (TPSA) is 53.8 Å². The molecular weight excluding hydrogens is 220 g/mol. The highest BCUT2D eigenvalue weighted by molar-refractivity contribution is 5.95. The van der Waals surface area contributed by atoms with Crippen LogP contribution in [0.1, 0.15) is 17.0 Å². The first-order valence-corrected chi connectivity index (χ1v) is 5.70. The normalized spacial score (nSPS) is 18.2. The van der Waals surface area contributed by atoms with Crippen LogP contribution < -0.4 is 0 Å². The highest BCUT2D eigenvalue weighted by atomic mass is 16.3. The molecule has 1 aromatic heterocycles. The van der Waals surface area contributed by atoms with E-state index in [2.05, 4.69) is 0 Å². The van der Waals surface area contributed by atoms with Crippen LogP contribution >= 0.6 is 0 Å². The van der Waals surface area contributed by atoms with E-state index in [9.17, 15) is 9.59 Å². The van der Waals surface area contributed by atoms with Crippen molar-refractivity contribution in [3.05, 3.63) is 24.2 Å². The molecule has 17 heavy (non-hydrogen) atoms. The lowest BCUT2D eigenvalue weighted by Gasteiger charge is -2.17. The van der Waals surface area contributed by atoms with E-state index in [0.29, 0.717) is 12.3 Å². The van der Waals surface area contributed by atoms with E-state index in [-0.39, 0.29) is 18.2 Å². The van der Waals surface area contributed by atoms with Crippen molar-refractivity contribution in [2.75, 3.05) is 33.2 Å². The van der Waals surface area contributed by atoms with Crippen molar-refractivity contribution in [2.24, 2.45) is 0 Å². The number of hydrogen-bond acceptors (Lipinski definition) is 4. The summed E-state index contributed by atoms with van der Waals surface area (Å²) >= 11 is 0. The molecule has 0 radical (unpaired) electrons. The molecule has 2 rings (SSSR count). The van der Waals surface area contributed by atoms with Crippen LogP contribution in [0.3, 0.4) is 0 Å². The fraction of sp³-hybridized carbons (Fsp3) is 0.500. The zero-order valence-corrected chi connectivity index (χ0v) is 9.89. The summed E-state index contributed by atoms with van der Waals surface area (Å²) in [5.41, 5.74) is 0. The maximum Gasteiger partial charge on any atom is 0.236 e. The predicted molar refractivity (Wildman–Crippen MR) is 61.7 cm³/mol. The zero-order valence-electron chi connectivity index (χ0n) is 9.89. The molecule has 2 heterocycles. The van der Waals surface area contributed by atoms with Gasteiger partial charge in [0.25, 0.3) is 0 Å². The lowest BCUT2D eigenvalue weighted by Crippen LogP contribution is -2.37. The van der Waals surface area contributed by atoms with Crippen molar-refractivity contribution in [3.63, 3.8) is 0 Å². The minimum Gasteiger partial charge on any atom is -0.461 e. The van der Waals surface area contributed by atoms with E-state index in [1.165, 1.54) is 6.26 Å². The second-order valence-corrected chi connectivity index (χ2v) is 4.28. The smallest absolute Gasteiger partial charge is 0.236 e. The number of amides is 1. The third kappa shape index (κ3) is 2.94. The van der Waals surface area contributed by atoms with E-state index in [0.717, 1.165) is 19.5 Å². The molecule has 0 aromatic carbocycles. The van der Waals surface area contributed by atoms with E-state index in [4.69, 9.17) is 4.42 Å². The van der Waals surface area contributed by atoms with Crippen LogP contribution in [0.2, 0.25) is 0 Å². The van der Waals surface area contributed by atoms with Gasteiger partial charge in [0, 0.05) is 20.1 Å². The molecule has 1 aliphatic heterocycles. The quantitative estimate of drug-likeness (QED) is 0.722. The molecule has 0 N–H and O–H groups in total. The number of hydrogen-bond donors (Lipinski definition) is 0. The minimum absolute atomic E-state index is 0.0646. The summed E-state index contributed by atoms with van der Waals surface area (Å²) in [6.07, 6.45) is 2.38. The molecule has 0 aliphatic carbocycles. The number of rotatable bonds is 3. The fourth-order valence-electron chi connectivity index (χ4n) is 1.90. The van der Waals surface area contributed by atoms with Gasteiger partial charge < -0.3 is 9.32 Å². The van der Waals surface area contributed by atoms with Gasteiger partial charge in [-0.3, -0.25) is 14.5 Å². The summed E-state index contributed by atoms with van der Waals surface area (Å²) in [7, 11) is 1.79. The van der Waals surface area contributed by atoms with Gasteiger partial charge in [-0.1, -0.05) is 0 Å². The summed E-state index contributed by atoms with van der Waals surface area (Å²) in [6.45, 7) is 2.07. The van der Waals surface area contributed by atoms with Gasteiger partial charge in [-0.05, 0) is 18.6 Å². The summed E-state index contributed by atoms with van der Waals surface area (Å²) in [4.78, 5) is 27.0. The Kier molecular flexibility index (Phi) is 3.58. The number of carbonyl (C=O) groups excluding carboxylic acids is 2. The molecule has 0 spiro atoms. The van der Waals surface area contributed by atoms with Gasteiger partial charge in [-0.15, -0.1) is 0 Å². The van der Waals surface area contributed by atoms with Crippen molar-refractivity contribution in [2.45, 2.75) is 6.42 Å². The zero-order chi connectivity index (χ0) is 12.3. The van der Waals surface area contributed by atoms with Crippen molar-refractivity contribution in [1.82, 2.24) is 9.80 Å². The van der Waals surface area contributed by atoms with Crippen molar-refractivity contribution >= 4 is 11.7 Å². The Morgan fingerprint density at radius 1 is 1.47 bits per heavy atom. The standard InChI is InChI=1S/C12H16N2O3/c1-13-5-3-6-14(9-12(13)16)8-10(15)11-4-2-7-17-11/h2,4,7H,3,5-6,8-9H2,1H3. The molecule has 1 amide bonds. The lowest BCUT2D eigenvalue weighted by atomic mass is 10.2. The third-order valence-corrected chi connectivity index (χ3v) is 2.92. The number of likely N-dealkylation sites (N-methyl/N-ethyl adjacent to an activating group) is 1. The first-order valence-electron chi connectivity index (χ1n) is 5.70. The molecular formula is C12H16N2O3. The van der Waals surface area contributed by atoms with Crippen molar-refractivity contribution in [1.29, 1.82) is 0 Å². The van der Waals surface area contributed by atoms with Gasteiger partial charge in [0.1, 0.15) is 0 Å². The minimum atomic E-state index is -0.0765. The van der Waals surface area contributed by atoms with Crippen molar-refractivity contribution in [3.8, 4) is 0 Å². The summed E-state index contributed by atoms with van der Waals surface area (Å²) in [5.74, 6) is 0.345. The summed E-state index contributed by atoms with van der Waals surface area (Å²) in [5, 5.41) is 0. The molecule has 0 saturated carbocycles. The molecule has 5 nitrogen and oxygen atoms in total. The van der Waals surface area contributed by atoms with E-state index < -0.39 is 0 Å². The number of ketones is 1. The number of Topliss-reactive ketones (excluding diaryl/α,β-unsaturated/α-hetero) is 1. The van der Waals surface area contributed by atoms with Crippen LogP contribution in [0, 0.1) is 0 Å². The number of furan rings is 1. The van der Waals surface area contributed by atoms with Gasteiger partial charge in [-0.2, -0.15) is 0 Å². The van der Waals surface area contributed by atoms with Gasteiger partial charge in [0.15, 0.2) is 5.76 Å². The average molecular weight is 236 g/mol. The van der Waals surface area contributed by atoms with Crippen LogP contribution in [-0.4, -0.2) is 54.7 Å². The Hall–Kier alpha value is -1.62. The number of nitrogens with zero attached hydrogens (tertiary/aromatic N) is 2. The van der Waals surface area contributed by atoms with Crippen LogP contribution in [0.4, 0.5) is 0 Å². The summed E-state index contributed by atoms with van der Waals surface area (Å²) < 4.78 is 5.04. The Bertz CT molecular complexity index is 400. The Morgan fingerprint density at radius 3 is 3.00 bits per heavy atom. The molecule has 1 saturated heterocycles. The molecule has 1 aliphatic rings. The predicted octanol–water partition coefficient (Wildman–Crippen LogP) is 0.626. The average Bonchev–Trinajstić information content (AvgIpc) is 2.77. The van der Waals surface area contributed by atoms with Crippen molar-refractivity contribution < 1.29 is 14.0 Å². The first-order chi connectivity index (χ1) is 8.16. The monoisotopic (exact) mass is 236 g/mol. The fourth-order valence-corrected chi connectivity index (χ4v) is 1.90. The van der Waals surface area contributed by atoms with Gasteiger partial charge >= 0.3 is 0 Å². The SMILES string of the molecule is CN1CCCN(CC(=O)c2ccco2)CC1=O. The highest BCUT2D eigenvalue weighted by Crippen LogP contribution is 2.06. The van der Waals surface area contributed by atoms with E-state index in [1.54, 1.807) is 24.1 Å². The molecule has 92 valence electrons. The largest absolute Gasteiger partial charge is 0.461 e. The molecule has 1 aromatic rings. The second-order valence-electron chi connectivity index (χ2n) is 4.28. The molecule has 5 heteroatoms. The maximum atomic E-state index is 11.8. The first kappa shape index (κ1) is 11.9. The van der Waals surface area contributed by atoms with Crippen LogP contribution in [0.15, 0.2) is 22.8 Å². The van der Waals surface area contributed by atoms with Gasteiger partial charge in [0.05, 0.1) is 19.4 Å². The second kappa shape index (κ2) is 5.14. The Balaban J connectivity index is 1.94. The molecule has 0 bridgehead atoms. The van der Waals surface area contributed by atoms with E-state index >= 15 is 0 Å². The molecule has 0 unspecified atom stereocenters. The number of carbonyl (C=O) groups is 2. The van der Waals surface area contributed by atoms with E-state index in [1.807, 2.05) is 4.90 Å². The third-order valence-electron chi connectivity index (χ3n) is 2.92. The molecule has 0 atom stereocenters. The van der Waals surface area contributed by atoms with Crippen LogP contribution in [-0.2, 0) is 4.79 Å². The Morgan fingerprint density at radius 2 is 2.29 bits per heavy atom. The van der Waals surface area contributed by atoms with Gasteiger partial charge in [0.2, 0.25) is 11.7 Å². The van der Waals surface area contributed by atoms with Gasteiger partial charge in [-0.25, -0.2) is 0 Å². The highest BCUT2D eigenvalue weighted by Gasteiger charge is 2.21. The lowest BCUT2D eigenvalue weighted by molar-refractivity contribution is -0.129. The van der Waals surface area contributed by atoms with Crippen LogP contribution in [0.25, 0.3) is 0 Å². The maximum absolute atomic E-state index is 11.8. The Labute approximate surface area is 100.0 Å².